The van der Waals surface area contributed by atoms with Gasteiger partial charge in [0.1, 0.15) is 0 Å². The van der Waals surface area contributed by atoms with Crippen LogP contribution < -0.4 is 10.2 Å². The van der Waals surface area contributed by atoms with Crippen LogP contribution in [0.15, 0.2) is 65.0 Å². The number of benzene rings is 2. The first-order valence-corrected chi connectivity index (χ1v) is 14.3. The third-order valence-corrected chi connectivity index (χ3v) is 8.54. The molecule has 0 spiro atoms. The zero-order valence-corrected chi connectivity index (χ0v) is 21.3. The molecule has 0 unspecified atom stereocenters. The minimum atomic E-state index is -3.26. The number of nitrogens with zero attached hydrogens (tertiary/aromatic N) is 2. The van der Waals surface area contributed by atoms with Gasteiger partial charge in [-0.2, -0.15) is 0 Å². The van der Waals surface area contributed by atoms with Crippen molar-refractivity contribution in [2.45, 2.75) is 43.9 Å². The molecule has 35 heavy (non-hydrogen) atoms. The Morgan fingerprint density at radius 2 is 1.80 bits per heavy atom. The van der Waals surface area contributed by atoms with Gasteiger partial charge in [-0.3, -0.25) is 14.5 Å². The first-order chi connectivity index (χ1) is 16.9. The number of carbonyl (C=O) groups is 2. The Labute approximate surface area is 210 Å². The maximum absolute atomic E-state index is 13.0. The van der Waals surface area contributed by atoms with E-state index in [2.05, 4.69) is 17.2 Å². The number of hydrogen-bond acceptors (Lipinski definition) is 6. The minimum absolute atomic E-state index is 0.122. The molecular weight excluding hydrogens is 482 g/mol. The molecular formula is C26H29N3O4S2. The largest absolute Gasteiger partial charge is 0.326 e. The van der Waals surface area contributed by atoms with Crippen molar-refractivity contribution in [3.05, 3.63) is 71.2 Å². The molecule has 9 heteroatoms. The van der Waals surface area contributed by atoms with Crippen LogP contribution in [0.25, 0.3) is 0 Å². The van der Waals surface area contributed by atoms with E-state index in [1.807, 2.05) is 5.38 Å². The number of rotatable bonds is 11. The first kappa shape index (κ1) is 25.1. The number of sulfone groups is 1. The zero-order chi connectivity index (χ0) is 24.8. The van der Waals surface area contributed by atoms with E-state index in [9.17, 15) is 18.0 Å². The van der Waals surface area contributed by atoms with E-state index in [4.69, 9.17) is 0 Å². The summed E-state index contributed by atoms with van der Waals surface area (Å²) in [6.07, 6.45) is 5.63. The van der Waals surface area contributed by atoms with Crippen molar-refractivity contribution in [2.75, 3.05) is 22.5 Å². The van der Waals surface area contributed by atoms with Crippen molar-refractivity contribution in [3.8, 4) is 0 Å². The maximum Gasteiger partial charge on any atom is 0.260 e. The molecule has 184 valence electrons. The molecule has 4 rings (SSSR count). The monoisotopic (exact) mass is 511 g/mol. The Kier molecular flexibility index (Phi) is 7.97. The Bertz CT molecular complexity index is 1250. The molecule has 3 aromatic rings. The van der Waals surface area contributed by atoms with Crippen molar-refractivity contribution in [2.24, 2.45) is 5.92 Å². The van der Waals surface area contributed by atoms with Crippen LogP contribution in [-0.4, -0.2) is 37.5 Å². The summed E-state index contributed by atoms with van der Waals surface area (Å²) in [5.74, 6) is 0.151. The SMILES string of the molecule is CCCCN(C(=O)c1ccc(NC(=O)Cc2ccc(S(=O)(=O)CC3CC3)cc2)cc1)c1nccs1. The number of carbonyl (C=O) groups excluding carboxylic acids is 2. The molecule has 1 saturated carbocycles. The second kappa shape index (κ2) is 11.1. The summed E-state index contributed by atoms with van der Waals surface area (Å²) in [5, 5.41) is 5.36. The molecule has 0 saturated heterocycles. The summed E-state index contributed by atoms with van der Waals surface area (Å²) in [4.78, 5) is 31.8. The highest BCUT2D eigenvalue weighted by Gasteiger charge is 2.29. The second-order valence-corrected chi connectivity index (χ2v) is 11.7. The van der Waals surface area contributed by atoms with Gasteiger partial charge < -0.3 is 5.32 Å². The lowest BCUT2D eigenvalue weighted by Gasteiger charge is -2.19. The van der Waals surface area contributed by atoms with E-state index in [0.29, 0.717) is 33.7 Å². The summed E-state index contributed by atoms with van der Waals surface area (Å²) in [5.41, 5.74) is 1.84. The topological polar surface area (TPSA) is 96.4 Å². The van der Waals surface area contributed by atoms with Gasteiger partial charge in [0.15, 0.2) is 15.0 Å². The predicted molar refractivity (Wildman–Crippen MR) is 139 cm³/mol. The Morgan fingerprint density at radius 1 is 1.09 bits per heavy atom. The summed E-state index contributed by atoms with van der Waals surface area (Å²) in [7, 11) is -3.26. The molecule has 1 aliphatic carbocycles. The fourth-order valence-corrected chi connectivity index (χ4v) is 6.06. The van der Waals surface area contributed by atoms with Gasteiger partial charge in [0.25, 0.3) is 5.91 Å². The minimum Gasteiger partial charge on any atom is -0.326 e. The number of unbranched alkanes of at least 4 members (excludes halogenated alkanes) is 1. The number of aromatic nitrogens is 1. The molecule has 1 aliphatic rings. The van der Waals surface area contributed by atoms with Gasteiger partial charge in [0, 0.05) is 29.4 Å². The average Bonchev–Trinajstić information content (AvgIpc) is 3.47. The van der Waals surface area contributed by atoms with Crippen LogP contribution in [0.2, 0.25) is 0 Å². The van der Waals surface area contributed by atoms with Crippen molar-refractivity contribution in [1.82, 2.24) is 4.98 Å². The van der Waals surface area contributed by atoms with E-state index in [1.54, 1.807) is 59.6 Å². The third-order valence-electron chi connectivity index (χ3n) is 5.85. The van der Waals surface area contributed by atoms with E-state index in [0.717, 1.165) is 31.2 Å². The van der Waals surface area contributed by atoms with Gasteiger partial charge in [-0.05, 0) is 67.1 Å². The van der Waals surface area contributed by atoms with Crippen LogP contribution >= 0.6 is 11.3 Å². The predicted octanol–water partition coefficient (Wildman–Crippen LogP) is 4.95. The van der Waals surface area contributed by atoms with Crippen LogP contribution in [0.5, 0.6) is 0 Å². The lowest BCUT2D eigenvalue weighted by atomic mass is 10.1. The van der Waals surface area contributed by atoms with E-state index < -0.39 is 9.84 Å². The fourth-order valence-electron chi connectivity index (χ4n) is 3.70. The van der Waals surface area contributed by atoms with E-state index >= 15 is 0 Å². The van der Waals surface area contributed by atoms with Crippen LogP contribution in [0.1, 0.15) is 48.5 Å². The Balaban J connectivity index is 1.35. The summed E-state index contributed by atoms with van der Waals surface area (Å²) in [6.45, 7) is 2.68. The number of anilines is 2. The molecule has 1 N–H and O–H groups in total. The fraction of sp³-hybridized carbons (Fsp3) is 0.346. The summed E-state index contributed by atoms with van der Waals surface area (Å²) >= 11 is 1.43. The molecule has 1 aromatic heterocycles. The number of nitrogens with one attached hydrogen (secondary N) is 1. The van der Waals surface area contributed by atoms with E-state index in [1.165, 1.54) is 11.3 Å². The number of thiazole rings is 1. The van der Waals surface area contributed by atoms with Crippen molar-refractivity contribution < 1.29 is 18.0 Å². The summed E-state index contributed by atoms with van der Waals surface area (Å²) in [6, 6.07) is 13.3. The zero-order valence-electron chi connectivity index (χ0n) is 19.6. The third kappa shape index (κ3) is 6.76. The number of amides is 2. The molecule has 2 aromatic carbocycles. The van der Waals surface area contributed by atoms with Crippen molar-refractivity contribution >= 4 is 43.8 Å². The van der Waals surface area contributed by atoms with Crippen LogP contribution in [0, 0.1) is 5.92 Å². The molecule has 1 fully saturated rings. The molecule has 7 nitrogen and oxygen atoms in total. The lowest BCUT2D eigenvalue weighted by molar-refractivity contribution is -0.115. The molecule has 2 amide bonds. The Hall–Kier alpha value is -3.04. The highest BCUT2D eigenvalue weighted by Crippen LogP contribution is 2.32. The van der Waals surface area contributed by atoms with Gasteiger partial charge in [0.2, 0.25) is 5.91 Å². The standard InChI is InChI=1S/C26H29N3O4S2/c1-2-3-15-29(26-27-14-16-34-26)25(31)21-8-10-22(11-9-21)28-24(30)17-19-6-12-23(13-7-19)35(32,33)18-20-4-5-20/h6-14,16,20H,2-5,15,17-18H2,1H3,(H,28,30). The van der Waals surface area contributed by atoms with Crippen LogP contribution in [0.3, 0.4) is 0 Å². The quantitative estimate of drug-likeness (QED) is 0.393. The smallest absolute Gasteiger partial charge is 0.260 e. The lowest BCUT2D eigenvalue weighted by Crippen LogP contribution is -2.31. The van der Waals surface area contributed by atoms with Crippen molar-refractivity contribution in [3.63, 3.8) is 0 Å². The first-order valence-electron chi connectivity index (χ1n) is 11.8. The van der Waals surface area contributed by atoms with Gasteiger partial charge in [-0.25, -0.2) is 13.4 Å². The molecule has 1 heterocycles. The maximum atomic E-state index is 13.0. The molecule has 0 aliphatic heterocycles. The highest BCUT2D eigenvalue weighted by atomic mass is 32.2. The van der Waals surface area contributed by atoms with Crippen molar-refractivity contribution in [1.29, 1.82) is 0 Å². The van der Waals surface area contributed by atoms with Crippen LogP contribution in [0.4, 0.5) is 10.8 Å². The van der Waals surface area contributed by atoms with Crippen LogP contribution in [-0.2, 0) is 21.1 Å². The highest BCUT2D eigenvalue weighted by molar-refractivity contribution is 7.91. The van der Waals surface area contributed by atoms with Gasteiger partial charge in [0.05, 0.1) is 17.1 Å². The molecule has 0 radical (unpaired) electrons. The number of hydrogen-bond donors (Lipinski definition) is 1. The average molecular weight is 512 g/mol. The summed E-state index contributed by atoms with van der Waals surface area (Å²) < 4.78 is 24.8. The van der Waals surface area contributed by atoms with E-state index in [-0.39, 0.29) is 24.0 Å². The molecule has 0 bridgehead atoms. The van der Waals surface area contributed by atoms with Gasteiger partial charge in [-0.1, -0.05) is 25.5 Å². The molecule has 0 atom stereocenters. The Morgan fingerprint density at radius 3 is 2.40 bits per heavy atom. The van der Waals surface area contributed by atoms with Gasteiger partial charge >= 0.3 is 0 Å². The normalized spacial score (nSPS) is 13.4. The van der Waals surface area contributed by atoms with Gasteiger partial charge in [-0.15, -0.1) is 11.3 Å². The second-order valence-electron chi connectivity index (χ2n) is 8.80.